The van der Waals surface area contributed by atoms with E-state index in [0.717, 1.165) is 30.2 Å². The van der Waals surface area contributed by atoms with Gasteiger partial charge in [0.15, 0.2) is 0 Å². The molecule has 0 aliphatic carbocycles. The van der Waals surface area contributed by atoms with Crippen LogP contribution in [0.1, 0.15) is 47.6 Å². The zero-order chi connectivity index (χ0) is 22.5. The first-order chi connectivity index (χ1) is 14.8. The molecule has 0 spiro atoms. The Morgan fingerprint density at radius 3 is 2.61 bits per heavy atom. The number of para-hydroxylation sites is 1. The van der Waals surface area contributed by atoms with Gasteiger partial charge in [-0.3, -0.25) is 9.59 Å². The predicted octanol–water partition coefficient (Wildman–Crippen LogP) is 2.55. The van der Waals surface area contributed by atoms with Crippen LogP contribution in [0, 0.1) is 0 Å². The highest BCUT2D eigenvalue weighted by Crippen LogP contribution is 2.29. The fraction of sp³-hybridized carbons (Fsp3) is 0.478. The maximum atomic E-state index is 13.2. The number of amides is 2. The van der Waals surface area contributed by atoms with Crippen molar-refractivity contribution < 1.29 is 14.3 Å². The van der Waals surface area contributed by atoms with Crippen LogP contribution in [-0.2, 0) is 11.3 Å². The zero-order valence-electron chi connectivity index (χ0n) is 19.0. The Labute approximate surface area is 183 Å². The third kappa shape index (κ3) is 5.31. The van der Waals surface area contributed by atoms with Crippen LogP contribution in [-0.4, -0.2) is 72.9 Å². The molecule has 8 nitrogen and oxygen atoms in total. The van der Waals surface area contributed by atoms with Gasteiger partial charge < -0.3 is 19.4 Å². The van der Waals surface area contributed by atoms with Crippen molar-refractivity contribution >= 4 is 17.6 Å². The molecule has 1 aliphatic rings. The summed E-state index contributed by atoms with van der Waals surface area (Å²) in [5, 5.41) is 0. The first kappa shape index (κ1) is 22.5. The van der Waals surface area contributed by atoms with E-state index < -0.39 is 0 Å². The SMILES string of the molecule is COc1ccccc1C(=O)N1CCCC(c2nc(CN(C)C(C)=O)cc(N(C)C)n2)C1. The highest BCUT2D eigenvalue weighted by atomic mass is 16.5. The lowest BCUT2D eigenvalue weighted by atomic mass is 9.96. The van der Waals surface area contributed by atoms with E-state index in [1.54, 1.807) is 31.2 Å². The Morgan fingerprint density at radius 1 is 1.19 bits per heavy atom. The number of methoxy groups -OCH3 is 1. The van der Waals surface area contributed by atoms with Crippen LogP contribution in [0.4, 0.5) is 5.82 Å². The smallest absolute Gasteiger partial charge is 0.257 e. The number of piperidine rings is 1. The molecule has 0 saturated carbocycles. The topological polar surface area (TPSA) is 78.9 Å². The highest BCUT2D eigenvalue weighted by Gasteiger charge is 2.29. The second-order valence-corrected chi connectivity index (χ2v) is 8.14. The predicted molar refractivity (Wildman–Crippen MR) is 119 cm³/mol. The van der Waals surface area contributed by atoms with Crippen LogP contribution in [0.2, 0.25) is 0 Å². The number of hydrogen-bond donors (Lipinski definition) is 0. The van der Waals surface area contributed by atoms with E-state index in [1.165, 1.54) is 6.92 Å². The molecule has 0 bridgehead atoms. The van der Waals surface area contributed by atoms with Gasteiger partial charge in [0.25, 0.3) is 5.91 Å². The number of carbonyl (C=O) groups excluding carboxylic acids is 2. The van der Waals surface area contributed by atoms with Crippen LogP contribution in [0.3, 0.4) is 0 Å². The summed E-state index contributed by atoms with van der Waals surface area (Å²) >= 11 is 0. The van der Waals surface area contributed by atoms with Crippen molar-refractivity contribution in [3.8, 4) is 5.75 Å². The summed E-state index contributed by atoms with van der Waals surface area (Å²) < 4.78 is 5.37. The number of carbonyl (C=O) groups is 2. The molecule has 1 saturated heterocycles. The Hall–Kier alpha value is -3.16. The molecule has 166 valence electrons. The molecule has 2 heterocycles. The zero-order valence-corrected chi connectivity index (χ0v) is 19.0. The summed E-state index contributed by atoms with van der Waals surface area (Å²) in [5.41, 5.74) is 1.36. The summed E-state index contributed by atoms with van der Waals surface area (Å²) in [6, 6.07) is 9.21. The molecule has 0 radical (unpaired) electrons. The van der Waals surface area contributed by atoms with Crippen molar-refractivity contribution in [2.24, 2.45) is 0 Å². The van der Waals surface area contributed by atoms with E-state index in [2.05, 4.69) is 0 Å². The minimum absolute atomic E-state index is 0.0159. The number of rotatable bonds is 6. The van der Waals surface area contributed by atoms with Crippen LogP contribution in [0.5, 0.6) is 5.75 Å². The first-order valence-electron chi connectivity index (χ1n) is 10.5. The molecule has 8 heteroatoms. The van der Waals surface area contributed by atoms with Crippen LogP contribution in [0.15, 0.2) is 30.3 Å². The van der Waals surface area contributed by atoms with Crippen LogP contribution >= 0.6 is 0 Å². The molecule has 1 atom stereocenters. The lowest BCUT2D eigenvalue weighted by Gasteiger charge is -2.33. The van der Waals surface area contributed by atoms with E-state index in [-0.39, 0.29) is 17.7 Å². The minimum atomic E-state index is -0.0394. The summed E-state index contributed by atoms with van der Waals surface area (Å²) in [5.74, 6) is 2.07. The van der Waals surface area contributed by atoms with Crippen molar-refractivity contribution in [2.45, 2.75) is 32.2 Å². The maximum absolute atomic E-state index is 13.2. The molecule has 2 amide bonds. The van der Waals surface area contributed by atoms with Crippen LogP contribution in [0.25, 0.3) is 0 Å². The average molecular weight is 426 g/mol. The molecule has 2 aromatic rings. The fourth-order valence-electron chi connectivity index (χ4n) is 3.71. The van der Waals surface area contributed by atoms with Crippen molar-refractivity contribution in [3.05, 3.63) is 47.4 Å². The van der Waals surface area contributed by atoms with Gasteiger partial charge in [0.2, 0.25) is 5.91 Å². The molecule has 1 fully saturated rings. The van der Waals surface area contributed by atoms with E-state index >= 15 is 0 Å². The number of likely N-dealkylation sites (tertiary alicyclic amines) is 1. The summed E-state index contributed by atoms with van der Waals surface area (Å²) in [4.78, 5) is 39.8. The van der Waals surface area contributed by atoms with Crippen molar-refractivity contribution in [3.63, 3.8) is 0 Å². The van der Waals surface area contributed by atoms with Gasteiger partial charge in [-0.2, -0.15) is 0 Å². The Kier molecular flexibility index (Phi) is 7.09. The van der Waals surface area contributed by atoms with E-state index in [4.69, 9.17) is 14.7 Å². The molecule has 3 rings (SSSR count). The van der Waals surface area contributed by atoms with Crippen molar-refractivity contribution in [1.82, 2.24) is 19.8 Å². The number of aromatic nitrogens is 2. The largest absolute Gasteiger partial charge is 0.496 e. The van der Waals surface area contributed by atoms with Gasteiger partial charge in [-0.1, -0.05) is 12.1 Å². The monoisotopic (exact) mass is 425 g/mol. The number of hydrogen-bond acceptors (Lipinski definition) is 6. The molecular formula is C23H31N5O3. The number of anilines is 1. The Bertz CT molecular complexity index is 947. The van der Waals surface area contributed by atoms with Crippen molar-refractivity contribution in [1.29, 1.82) is 0 Å². The molecule has 1 aromatic carbocycles. The van der Waals surface area contributed by atoms with E-state index in [1.807, 2.05) is 42.1 Å². The fourth-order valence-corrected chi connectivity index (χ4v) is 3.71. The third-order valence-electron chi connectivity index (χ3n) is 5.59. The summed E-state index contributed by atoms with van der Waals surface area (Å²) in [6.45, 7) is 3.20. The van der Waals surface area contributed by atoms with Gasteiger partial charge in [-0.05, 0) is 25.0 Å². The van der Waals surface area contributed by atoms with Gasteiger partial charge in [0.1, 0.15) is 17.4 Å². The Morgan fingerprint density at radius 2 is 1.94 bits per heavy atom. The first-order valence-corrected chi connectivity index (χ1v) is 10.5. The van der Waals surface area contributed by atoms with Gasteiger partial charge in [0, 0.05) is 53.1 Å². The summed E-state index contributed by atoms with van der Waals surface area (Å²) in [6.07, 6.45) is 1.79. The van der Waals surface area contributed by atoms with Crippen molar-refractivity contribution in [2.75, 3.05) is 46.2 Å². The lowest BCUT2D eigenvalue weighted by molar-refractivity contribution is -0.128. The normalized spacial score (nSPS) is 16.0. The number of benzene rings is 1. The molecule has 1 unspecified atom stereocenters. The third-order valence-corrected chi connectivity index (χ3v) is 5.59. The second kappa shape index (κ2) is 9.76. The molecule has 31 heavy (non-hydrogen) atoms. The standard InChI is InChI=1S/C23H31N5O3/c1-16(29)27(4)15-18-13-21(26(2)3)25-22(24-18)17-9-8-12-28(14-17)23(30)19-10-6-7-11-20(19)31-5/h6-7,10-11,13,17H,8-9,12,14-15H2,1-5H3. The van der Waals surface area contributed by atoms with E-state index in [9.17, 15) is 9.59 Å². The van der Waals surface area contributed by atoms with Gasteiger partial charge in [-0.15, -0.1) is 0 Å². The quantitative estimate of drug-likeness (QED) is 0.708. The van der Waals surface area contributed by atoms with Crippen LogP contribution < -0.4 is 9.64 Å². The second-order valence-electron chi connectivity index (χ2n) is 8.14. The summed E-state index contributed by atoms with van der Waals surface area (Å²) in [7, 11) is 7.20. The number of ether oxygens (including phenoxy) is 1. The lowest BCUT2D eigenvalue weighted by Crippen LogP contribution is -2.39. The molecular weight excluding hydrogens is 394 g/mol. The average Bonchev–Trinajstić information content (AvgIpc) is 2.78. The minimum Gasteiger partial charge on any atom is -0.496 e. The van der Waals surface area contributed by atoms with Gasteiger partial charge in [0.05, 0.1) is 24.9 Å². The molecule has 1 aromatic heterocycles. The molecule has 1 aliphatic heterocycles. The Balaban J connectivity index is 1.85. The maximum Gasteiger partial charge on any atom is 0.257 e. The van der Waals surface area contributed by atoms with Gasteiger partial charge in [-0.25, -0.2) is 9.97 Å². The van der Waals surface area contributed by atoms with Gasteiger partial charge >= 0.3 is 0 Å². The molecule has 0 N–H and O–H groups in total. The highest BCUT2D eigenvalue weighted by molar-refractivity contribution is 5.97. The van der Waals surface area contributed by atoms with E-state index in [0.29, 0.717) is 30.9 Å². The number of nitrogens with zero attached hydrogens (tertiary/aromatic N) is 5.